The molecule has 3 heterocycles. The average molecular weight is 453 g/mol. The topological polar surface area (TPSA) is 125 Å². The largest absolute Gasteiger partial charge is 0.368 e. The van der Waals surface area contributed by atoms with Crippen molar-refractivity contribution in [2.24, 2.45) is 11.7 Å². The van der Waals surface area contributed by atoms with Crippen molar-refractivity contribution in [3.8, 4) is 22.9 Å². The van der Waals surface area contributed by atoms with Gasteiger partial charge in [-0.25, -0.2) is 18.7 Å². The lowest BCUT2D eigenvalue weighted by Crippen LogP contribution is -2.40. The summed E-state index contributed by atoms with van der Waals surface area (Å²) in [6.07, 6.45) is 2.39. The Labute approximate surface area is 187 Å². The van der Waals surface area contributed by atoms with Crippen molar-refractivity contribution in [3.63, 3.8) is 0 Å². The van der Waals surface area contributed by atoms with E-state index >= 15 is 0 Å². The Kier molecular flexibility index (Phi) is 6.11. The van der Waals surface area contributed by atoms with E-state index in [0.29, 0.717) is 22.6 Å². The Balaban J connectivity index is 1.74. The summed E-state index contributed by atoms with van der Waals surface area (Å²) >= 11 is 0. The van der Waals surface area contributed by atoms with E-state index in [-0.39, 0.29) is 29.9 Å². The molecule has 0 fully saturated rings. The van der Waals surface area contributed by atoms with Crippen molar-refractivity contribution in [3.05, 3.63) is 66.1 Å². The van der Waals surface area contributed by atoms with Crippen LogP contribution in [0.5, 0.6) is 0 Å². The number of anilines is 1. The number of amides is 1. The molecule has 4 aromatic rings. The van der Waals surface area contributed by atoms with E-state index in [2.05, 4.69) is 25.5 Å². The molecule has 0 aliphatic carbocycles. The Hall–Kier alpha value is -4.15. The highest BCUT2D eigenvalue weighted by atomic mass is 19.1. The molecule has 0 unspecified atom stereocenters. The summed E-state index contributed by atoms with van der Waals surface area (Å²) in [5.41, 5.74) is 7.13. The smallest absolute Gasteiger partial charge is 0.240 e. The third-order valence-corrected chi connectivity index (χ3v) is 5.00. The molecule has 1 amide bonds. The number of carbonyl (C=O) groups is 1. The predicted octanol–water partition coefficient (Wildman–Crippen LogP) is 3.24. The number of carbonyl (C=O) groups excluding carboxylic acids is 1. The maximum Gasteiger partial charge on any atom is 0.240 e. The number of nitrogens with zero attached hydrogens (tertiary/aromatic N) is 5. The molecule has 4 rings (SSSR count). The van der Waals surface area contributed by atoms with Crippen LogP contribution in [0.4, 0.5) is 14.6 Å². The van der Waals surface area contributed by atoms with Gasteiger partial charge in [0.2, 0.25) is 5.91 Å². The van der Waals surface area contributed by atoms with Crippen molar-refractivity contribution < 1.29 is 18.1 Å². The minimum Gasteiger partial charge on any atom is -0.368 e. The summed E-state index contributed by atoms with van der Waals surface area (Å²) in [5, 5.41) is 11.2. The normalized spacial score (nSPS) is 12.2. The number of aromatic nitrogens is 5. The van der Waals surface area contributed by atoms with Gasteiger partial charge in [0.05, 0.1) is 18.4 Å². The fourth-order valence-electron chi connectivity index (χ4n) is 3.29. The number of nitrogens with one attached hydrogen (secondary N) is 1. The molecule has 0 spiro atoms. The zero-order valence-corrected chi connectivity index (χ0v) is 17.9. The van der Waals surface area contributed by atoms with Crippen LogP contribution in [0, 0.1) is 17.6 Å². The molecule has 1 aromatic carbocycles. The van der Waals surface area contributed by atoms with Crippen LogP contribution in [0.15, 0.2) is 53.4 Å². The van der Waals surface area contributed by atoms with Crippen molar-refractivity contribution in [2.45, 2.75) is 26.4 Å². The summed E-state index contributed by atoms with van der Waals surface area (Å²) in [4.78, 5) is 20.0. The number of hydrogen-bond donors (Lipinski definition) is 2. The molecule has 11 heteroatoms. The second-order valence-corrected chi connectivity index (χ2v) is 7.71. The van der Waals surface area contributed by atoms with Gasteiger partial charge in [0.1, 0.15) is 29.5 Å². The first-order chi connectivity index (χ1) is 15.8. The van der Waals surface area contributed by atoms with Crippen molar-refractivity contribution in [1.82, 2.24) is 24.9 Å². The molecule has 9 nitrogen and oxygen atoms in total. The van der Waals surface area contributed by atoms with Crippen LogP contribution in [-0.2, 0) is 11.3 Å². The fraction of sp³-hybridized carbons (Fsp3) is 0.227. The van der Waals surface area contributed by atoms with Gasteiger partial charge < -0.3 is 15.6 Å². The van der Waals surface area contributed by atoms with E-state index in [4.69, 9.17) is 10.3 Å². The van der Waals surface area contributed by atoms with Crippen LogP contribution in [0.1, 0.15) is 19.4 Å². The molecule has 0 bridgehead atoms. The van der Waals surface area contributed by atoms with E-state index < -0.39 is 17.8 Å². The molecule has 0 radical (unpaired) electrons. The Morgan fingerprint density at radius 2 is 1.97 bits per heavy atom. The molecule has 170 valence electrons. The number of nitrogens with two attached hydrogens (primary N) is 1. The highest BCUT2D eigenvalue weighted by molar-refractivity contribution is 5.83. The Bertz CT molecular complexity index is 1270. The van der Waals surface area contributed by atoms with Gasteiger partial charge in [-0.15, -0.1) is 0 Å². The molecule has 3 N–H and O–H groups in total. The first-order valence-corrected chi connectivity index (χ1v) is 10.1. The monoisotopic (exact) mass is 453 g/mol. The maximum atomic E-state index is 14.4. The molecule has 0 saturated carbocycles. The van der Waals surface area contributed by atoms with Crippen LogP contribution in [0.25, 0.3) is 22.9 Å². The van der Waals surface area contributed by atoms with Crippen molar-refractivity contribution in [1.29, 1.82) is 0 Å². The molecule has 3 aromatic heterocycles. The average Bonchev–Trinajstić information content (AvgIpc) is 3.44. The number of hydrogen-bond acceptors (Lipinski definition) is 7. The highest BCUT2D eigenvalue weighted by Gasteiger charge is 2.23. The van der Waals surface area contributed by atoms with Gasteiger partial charge in [0.25, 0.3) is 0 Å². The summed E-state index contributed by atoms with van der Waals surface area (Å²) in [6.45, 7) is 3.66. The maximum absolute atomic E-state index is 14.4. The number of halogens is 2. The molecular formula is C22H21F2N7O2. The van der Waals surface area contributed by atoms with E-state index in [1.807, 2.05) is 0 Å². The molecule has 0 aliphatic heterocycles. The lowest BCUT2D eigenvalue weighted by molar-refractivity contribution is -0.119. The fourth-order valence-corrected chi connectivity index (χ4v) is 3.29. The molecule has 0 aliphatic rings. The second-order valence-electron chi connectivity index (χ2n) is 7.71. The van der Waals surface area contributed by atoms with Crippen LogP contribution < -0.4 is 11.1 Å². The van der Waals surface area contributed by atoms with E-state index in [1.165, 1.54) is 17.0 Å². The number of rotatable bonds is 8. The van der Waals surface area contributed by atoms with Gasteiger partial charge in [-0.05, 0) is 18.1 Å². The van der Waals surface area contributed by atoms with E-state index in [9.17, 15) is 13.6 Å². The standard InChI is InChI=1S/C22H21F2N7O2/c1-12(2)19(20(25)32)27-21-15(24)10-26-22(28-21)17-9-18(16-7-8-33-30-16)31(29-17)11-13-5-3-4-6-14(13)23/h3-10,12,19H,11H2,1-2H3,(H2,25,32)(H,26,27,28)/t19-/m1/s1. The van der Waals surface area contributed by atoms with Crippen LogP contribution in [0.3, 0.4) is 0 Å². The first-order valence-electron chi connectivity index (χ1n) is 10.1. The molecular weight excluding hydrogens is 432 g/mol. The summed E-state index contributed by atoms with van der Waals surface area (Å²) in [5.74, 6) is -2.03. The second kappa shape index (κ2) is 9.15. The minimum atomic E-state index is -0.827. The van der Waals surface area contributed by atoms with E-state index in [0.717, 1.165) is 6.20 Å². The molecule has 0 saturated heterocycles. The summed E-state index contributed by atoms with van der Waals surface area (Å²) < 4.78 is 35.1. The first kappa shape index (κ1) is 22.1. The van der Waals surface area contributed by atoms with Gasteiger partial charge in [-0.3, -0.25) is 9.48 Å². The van der Waals surface area contributed by atoms with Crippen LogP contribution in [0.2, 0.25) is 0 Å². The van der Waals surface area contributed by atoms with Gasteiger partial charge in [0.15, 0.2) is 17.5 Å². The number of primary amides is 1. The van der Waals surface area contributed by atoms with Gasteiger partial charge in [0, 0.05) is 11.6 Å². The Morgan fingerprint density at radius 3 is 2.64 bits per heavy atom. The van der Waals surface area contributed by atoms with Gasteiger partial charge >= 0.3 is 0 Å². The van der Waals surface area contributed by atoms with E-state index in [1.54, 1.807) is 44.2 Å². The highest BCUT2D eigenvalue weighted by Crippen LogP contribution is 2.26. The van der Waals surface area contributed by atoms with Crippen molar-refractivity contribution >= 4 is 11.7 Å². The summed E-state index contributed by atoms with van der Waals surface area (Å²) in [7, 11) is 0. The predicted molar refractivity (Wildman–Crippen MR) is 116 cm³/mol. The lowest BCUT2D eigenvalue weighted by atomic mass is 10.0. The lowest BCUT2D eigenvalue weighted by Gasteiger charge is -2.19. The molecule has 33 heavy (non-hydrogen) atoms. The quantitative estimate of drug-likeness (QED) is 0.420. The third-order valence-electron chi connectivity index (χ3n) is 5.00. The Morgan fingerprint density at radius 1 is 1.18 bits per heavy atom. The van der Waals surface area contributed by atoms with Gasteiger partial charge in [-0.2, -0.15) is 5.10 Å². The van der Waals surface area contributed by atoms with Crippen molar-refractivity contribution in [2.75, 3.05) is 5.32 Å². The zero-order valence-electron chi connectivity index (χ0n) is 17.9. The third kappa shape index (κ3) is 4.71. The van der Waals surface area contributed by atoms with Crippen LogP contribution >= 0.6 is 0 Å². The van der Waals surface area contributed by atoms with Gasteiger partial charge in [-0.1, -0.05) is 37.2 Å². The zero-order chi connectivity index (χ0) is 23.5. The number of benzene rings is 1. The summed E-state index contributed by atoms with van der Waals surface area (Å²) in [6, 6.07) is 8.79. The minimum absolute atomic E-state index is 0.0999. The SMILES string of the molecule is CC(C)[C@@H](Nc1nc(-c2cc(-c3ccon3)n(Cc3ccccc3F)n2)ncc1F)C(N)=O. The molecule has 1 atom stereocenters. The van der Waals surface area contributed by atoms with Crippen LogP contribution in [-0.4, -0.2) is 36.9 Å².